The van der Waals surface area contributed by atoms with Gasteiger partial charge in [0.15, 0.2) is 0 Å². The summed E-state index contributed by atoms with van der Waals surface area (Å²) in [5.74, 6) is 1.90. The molecule has 0 spiro atoms. The van der Waals surface area contributed by atoms with Crippen LogP contribution >= 0.6 is 35.0 Å². The van der Waals surface area contributed by atoms with Gasteiger partial charge in [-0.15, -0.1) is 0 Å². The standard InChI is InChI=1S/C14H15Cl2N3S/c1-8(2)14-18-12(17-3)7-13(19-14)20-9-4-5-10(15)11(16)6-9/h4-8H,1-3H3,(H,17,18,19). The van der Waals surface area contributed by atoms with Crippen LogP contribution in [-0.4, -0.2) is 17.0 Å². The van der Waals surface area contributed by atoms with Crippen molar-refractivity contribution in [2.45, 2.75) is 29.7 Å². The molecule has 0 unspecified atom stereocenters. The average Bonchev–Trinajstić information content (AvgIpc) is 2.42. The molecule has 2 aromatic rings. The van der Waals surface area contributed by atoms with E-state index in [0.29, 0.717) is 10.0 Å². The Bertz CT molecular complexity index is 617. The predicted molar refractivity (Wildman–Crippen MR) is 86.3 cm³/mol. The molecule has 0 saturated carbocycles. The van der Waals surface area contributed by atoms with Crippen LogP contribution in [0.2, 0.25) is 10.0 Å². The van der Waals surface area contributed by atoms with E-state index in [0.717, 1.165) is 21.6 Å². The number of halogens is 2. The lowest BCUT2D eigenvalue weighted by Gasteiger charge is -2.10. The van der Waals surface area contributed by atoms with Crippen LogP contribution in [0.4, 0.5) is 5.82 Å². The lowest BCUT2D eigenvalue weighted by Crippen LogP contribution is -2.02. The molecule has 0 aliphatic rings. The summed E-state index contributed by atoms with van der Waals surface area (Å²) in [5.41, 5.74) is 0. The maximum absolute atomic E-state index is 6.03. The van der Waals surface area contributed by atoms with E-state index in [1.807, 2.05) is 25.2 Å². The van der Waals surface area contributed by atoms with Crippen molar-refractivity contribution in [3.8, 4) is 0 Å². The van der Waals surface area contributed by atoms with Crippen molar-refractivity contribution in [2.24, 2.45) is 0 Å². The second-order valence-electron chi connectivity index (χ2n) is 4.53. The van der Waals surface area contributed by atoms with Crippen molar-refractivity contribution in [1.82, 2.24) is 9.97 Å². The van der Waals surface area contributed by atoms with E-state index in [2.05, 4.69) is 29.1 Å². The molecule has 0 aliphatic carbocycles. The normalized spacial score (nSPS) is 10.9. The van der Waals surface area contributed by atoms with E-state index in [1.165, 1.54) is 11.8 Å². The Morgan fingerprint density at radius 3 is 2.45 bits per heavy atom. The second kappa shape index (κ2) is 6.66. The summed E-state index contributed by atoms with van der Waals surface area (Å²) in [4.78, 5) is 10.0. The Morgan fingerprint density at radius 1 is 1.10 bits per heavy atom. The van der Waals surface area contributed by atoms with E-state index < -0.39 is 0 Å². The highest BCUT2D eigenvalue weighted by Crippen LogP contribution is 2.32. The lowest BCUT2D eigenvalue weighted by atomic mass is 10.2. The Hall–Kier alpha value is -0.970. The monoisotopic (exact) mass is 327 g/mol. The lowest BCUT2D eigenvalue weighted by molar-refractivity contribution is 0.755. The topological polar surface area (TPSA) is 37.8 Å². The Kier molecular flexibility index (Phi) is 5.13. The third-order valence-corrected chi connectivity index (χ3v) is 4.25. The molecule has 20 heavy (non-hydrogen) atoms. The van der Waals surface area contributed by atoms with Gasteiger partial charge in [-0.05, 0) is 18.2 Å². The molecule has 6 heteroatoms. The van der Waals surface area contributed by atoms with Crippen LogP contribution in [0.3, 0.4) is 0 Å². The van der Waals surface area contributed by atoms with Gasteiger partial charge in [-0.2, -0.15) is 0 Å². The van der Waals surface area contributed by atoms with E-state index in [-0.39, 0.29) is 5.92 Å². The van der Waals surface area contributed by atoms with Crippen molar-refractivity contribution in [3.63, 3.8) is 0 Å². The van der Waals surface area contributed by atoms with Crippen molar-refractivity contribution in [3.05, 3.63) is 40.1 Å². The zero-order chi connectivity index (χ0) is 14.7. The minimum Gasteiger partial charge on any atom is -0.373 e. The molecule has 0 fully saturated rings. The molecule has 3 nitrogen and oxygen atoms in total. The van der Waals surface area contributed by atoms with Gasteiger partial charge in [-0.3, -0.25) is 0 Å². The van der Waals surface area contributed by atoms with Gasteiger partial charge in [0.2, 0.25) is 0 Å². The van der Waals surface area contributed by atoms with Gasteiger partial charge >= 0.3 is 0 Å². The van der Waals surface area contributed by atoms with Gasteiger partial charge in [0.1, 0.15) is 16.7 Å². The number of aromatic nitrogens is 2. The van der Waals surface area contributed by atoms with Crippen LogP contribution in [0.15, 0.2) is 34.2 Å². The van der Waals surface area contributed by atoms with Gasteiger partial charge in [-0.1, -0.05) is 48.8 Å². The van der Waals surface area contributed by atoms with Gasteiger partial charge in [0.05, 0.1) is 10.0 Å². The molecule has 1 N–H and O–H groups in total. The van der Waals surface area contributed by atoms with Crippen molar-refractivity contribution < 1.29 is 0 Å². The van der Waals surface area contributed by atoms with Crippen LogP contribution in [0.5, 0.6) is 0 Å². The van der Waals surface area contributed by atoms with Crippen LogP contribution in [0.1, 0.15) is 25.6 Å². The molecule has 106 valence electrons. The number of hydrogen-bond donors (Lipinski definition) is 1. The van der Waals surface area contributed by atoms with E-state index in [9.17, 15) is 0 Å². The van der Waals surface area contributed by atoms with Crippen LogP contribution in [0.25, 0.3) is 0 Å². The molecule has 0 aliphatic heterocycles. The number of nitrogens with zero attached hydrogens (tertiary/aromatic N) is 2. The fourth-order valence-electron chi connectivity index (χ4n) is 1.54. The first-order valence-corrected chi connectivity index (χ1v) is 7.76. The van der Waals surface area contributed by atoms with Gasteiger partial charge < -0.3 is 5.32 Å². The van der Waals surface area contributed by atoms with Gasteiger partial charge in [0.25, 0.3) is 0 Å². The Labute approximate surface area is 133 Å². The highest BCUT2D eigenvalue weighted by atomic mass is 35.5. The largest absolute Gasteiger partial charge is 0.373 e. The summed E-state index contributed by atoms with van der Waals surface area (Å²) in [6.45, 7) is 4.14. The first-order chi connectivity index (χ1) is 9.49. The van der Waals surface area contributed by atoms with E-state index in [1.54, 1.807) is 6.07 Å². The predicted octanol–water partition coefficient (Wildman–Crippen LogP) is 5.10. The van der Waals surface area contributed by atoms with Gasteiger partial charge in [-0.25, -0.2) is 9.97 Å². The molecule has 0 bridgehead atoms. The van der Waals surface area contributed by atoms with Gasteiger partial charge in [0, 0.05) is 23.9 Å². The second-order valence-corrected chi connectivity index (χ2v) is 6.44. The third-order valence-electron chi connectivity index (χ3n) is 2.61. The molecular weight excluding hydrogens is 313 g/mol. The summed E-state index contributed by atoms with van der Waals surface area (Å²) in [5, 5.41) is 5.04. The van der Waals surface area contributed by atoms with Crippen molar-refractivity contribution in [2.75, 3.05) is 12.4 Å². The summed E-state index contributed by atoms with van der Waals surface area (Å²) in [7, 11) is 1.85. The maximum Gasteiger partial charge on any atom is 0.134 e. The minimum atomic E-state index is 0.274. The smallest absolute Gasteiger partial charge is 0.134 e. The molecule has 1 aromatic heterocycles. The quantitative estimate of drug-likeness (QED) is 0.793. The zero-order valence-corrected chi connectivity index (χ0v) is 13.8. The number of benzene rings is 1. The summed E-state index contributed by atoms with van der Waals surface area (Å²) >= 11 is 13.5. The molecule has 0 amide bonds. The SMILES string of the molecule is CNc1cc(Sc2ccc(Cl)c(Cl)c2)nc(C(C)C)n1. The van der Waals surface area contributed by atoms with E-state index >= 15 is 0 Å². The molecule has 0 atom stereocenters. The van der Waals surface area contributed by atoms with Crippen LogP contribution in [0, 0.1) is 0 Å². The van der Waals surface area contributed by atoms with Crippen LogP contribution in [-0.2, 0) is 0 Å². The number of rotatable bonds is 4. The zero-order valence-electron chi connectivity index (χ0n) is 11.4. The number of hydrogen-bond acceptors (Lipinski definition) is 4. The summed E-state index contributed by atoms with van der Waals surface area (Å²) < 4.78 is 0. The average molecular weight is 328 g/mol. The maximum atomic E-state index is 6.03. The molecule has 2 rings (SSSR count). The summed E-state index contributed by atoms with van der Waals surface area (Å²) in [6, 6.07) is 7.47. The summed E-state index contributed by atoms with van der Waals surface area (Å²) in [6.07, 6.45) is 0. The molecular formula is C14H15Cl2N3S. The minimum absolute atomic E-state index is 0.274. The highest BCUT2D eigenvalue weighted by Gasteiger charge is 2.09. The first kappa shape index (κ1) is 15.4. The Morgan fingerprint density at radius 2 is 1.85 bits per heavy atom. The fourth-order valence-corrected chi connectivity index (χ4v) is 2.77. The highest BCUT2D eigenvalue weighted by molar-refractivity contribution is 7.99. The van der Waals surface area contributed by atoms with E-state index in [4.69, 9.17) is 23.2 Å². The molecule has 1 heterocycles. The number of anilines is 1. The molecule has 1 aromatic carbocycles. The molecule has 0 saturated heterocycles. The fraction of sp³-hybridized carbons (Fsp3) is 0.286. The third kappa shape index (κ3) is 3.78. The van der Waals surface area contributed by atoms with Crippen LogP contribution < -0.4 is 5.32 Å². The first-order valence-electron chi connectivity index (χ1n) is 6.19. The van der Waals surface area contributed by atoms with Crippen molar-refractivity contribution >= 4 is 40.8 Å². The van der Waals surface area contributed by atoms with Crippen molar-refractivity contribution in [1.29, 1.82) is 0 Å². The number of nitrogens with one attached hydrogen (secondary N) is 1. The Balaban J connectivity index is 2.32. The molecule has 0 radical (unpaired) electrons.